The Morgan fingerprint density at radius 3 is 1.58 bits per heavy atom. The summed E-state index contributed by atoms with van der Waals surface area (Å²) in [6.07, 6.45) is 4.01. The van der Waals surface area contributed by atoms with E-state index in [2.05, 4.69) is 13.8 Å². The molecule has 0 amide bonds. The quantitative estimate of drug-likeness (QED) is 0.558. The monoisotopic (exact) mass is 428 g/mol. The molecule has 0 aromatic carbocycles. The summed E-state index contributed by atoms with van der Waals surface area (Å²) < 4.78 is 0. The van der Waals surface area contributed by atoms with E-state index in [1.54, 1.807) is 6.08 Å². The van der Waals surface area contributed by atoms with Crippen LogP contribution in [0, 0.1) is 12.5 Å². The number of allylic oxidation sites excluding steroid dienone is 1. The number of rotatable bonds is 3. The van der Waals surface area contributed by atoms with Gasteiger partial charge in [-0.3, -0.25) is 6.08 Å². The molecule has 0 N–H and O–H groups in total. The van der Waals surface area contributed by atoms with Crippen molar-refractivity contribution in [3.05, 3.63) is 12.7 Å². The van der Waals surface area contributed by atoms with Crippen molar-refractivity contribution in [1.29, 1.82) is 0 Å². The van der Waals surface area contributed by atoms with Crippen LogP contribution in [0.25, 0.3) is 0 Å². The first-order valence-corrected chi connectivity index (χ1v) is 2.84. The van der Waals surface area contributed by atoms with Gasteiger partial charge in [0.25, 0.3) is 0 Å². The minimum Gasteiger partial charge on any atom is -0.518 e. The molecule has 0 saturated heterocycles. The second-order valence-electron chi connectivity index (χ2n) is 1.98. The van der Waals surface area contributed by atoms with Gasteiger partial charge in [-0.05, 0) is 5.92 Å². The van der Waals surface area contributed by atoms with Gasteiger partial charge >= 0.3 is 0 Å². The first-order chi connectivity index (χ1) is 3.31. The molecule has 12 heavy (non-hydrogen) atoms. The maximum absolute atomic E-state index is 5.18. The molecule has 1 atom stereocenters. The molecule has 0 nitrogen and oxygen atoms in total. The summed E-state index contributed by atoms with van der Waals surface area (Å²) in [6, 6.07) is 0. The Kier molecular flexibility index (Phi) is 125. The van der Waals surface area contributed by atoms with Crippen LogP contribution in [0.3, 0.4) is 0 Å². The summed E-state index contributed by atoms with van der Waals surface area (Å²) in [4.78, 5) is 0. The Labute approximate surface area is 75.7 Å². The Bertz CT molecular complexity index is 51.0. The van der Waals surface area contributed by atoms with Gasteiger partial charge in [0.1, 0.15) is 0 Å². The minimum atomic E-state index is 0. The van der Waals surface area contributed by atoms with Crippen molar-refractivity contribution in [3.63, 3.8) is 0 Å². The van der Waals surface area contributed by atoms with Gasteiger partial charge in [-0.2, -0.15) is 0 Å². The molecule has 1 unspecified atom stereocenters. The summed E-state index contributed by atoms with van der Waals surface area (Å²) >= 11 is 0. The van der Waals surface area contributed by atoms with E-state index in [1.807, 2.05) is 0 Å². The smallest absolute Gasteiger partial charge is 0 e. The zero-order valence-electron chi connectivity index (χ0n) is 5.85. The fourth-order valence-corrected chi connectivity index (χ4v) is 0.399. The fraction of sp³-hybridized carbons (Fsp3) is 0.818. The van der Waals surface area contributed by atoms with Gasteiger partial charge in [0.05, 0.1) is 0 Å². The zero-order valence-corrected chi connectivity index (χ0v) is 12.3. The third kappa shape index (κ3) is 37.4. The first-order valence-electron chi connectivity index (χ1n) is 2.84. The van der Waals surface area contributed by atoms with Crippen molar-refractivity contribution in [2.45, 2.75) is 56.4 Å². The topological polar surface area (TPSA) is 0 Å². The zero-order chi connectivity index (χ0) is 5.70. The standard InChI is InChI=1S/C7H13.4CH4.Rf/c1-4-6-7(3)5-2;;;;;/h1,4,7H,5-6H2,2-3H3;4*1H4;/q-1;;;;;. The van der Waals surface area contributed by atoms with E-state index >= 15 is 0 Å². The van der Waals surface area contributed by atoms with Crippen molar-refractivity contribution in [2.24, 2.45) is 5.92 Å². The molecule has 1 heteroatoms. The molecule has 0 aliphatic heterocycles. The molecule has 76 valence electrons. The van der Waals surface area contributed by atoms with Gasteiger partial charge in [0.15, 0.2) is 0 Å². The van der Waals surface area contributed by atoms with Crippen LogP contribution < -0.4 is 0 Å². The van der Waals surface area contributed by atoms with E-state index < -0.39 is 0 Å². The summed E-state index contributed by atoms with van der Waals surface area (Å²) in [5.41, 5.74) is 0. The van der Waals surface area contributed by atoms with Crippen LogP contribution in [-0.4, -0.2) is 0 Å². The third-order valence-corrected chi connectivity index (χ3v) is 1.24. The molecule has 0 aromatic rings. The molecule has 0 spiro atoms. The van der Waals surface area contributed by atoms with E-state index in [0.717, 1.165) is 12.3 Å². The molecule has 0 bridgehead atoms. The van der Waals surface area contributed by atoms with Crippen molar-refractivity contribution >= 4 is 0 Å². The largest absolute Gasteiger partial charge is 0.518 e. The Morgan fingerprint density at radius 2 is 1.50 bits per heavy atom. The first kappa shape index (κ1) is 45.3. The molecule has 0 radical (unpaired) electrons. The third-order valence-electron chi connectivity index (χ3n) is 1.24. The van der Waals surface area contributed by atoms with Crippen LogP contribution in [0.2, 0.25) is 0 Å². The van der Waals surface area contributed by atoms with E-state index in [4.69, 9.17) is 6.58 Å². The van der Waals surface area contributed by atoms with Crippen LogP contribution in [0.4, 0.5) is 0 Å². The van der Waals surface area contributed by atoms with Crippen molar-refractivity contribution in [2.75, 3.05) is 0 Å². The Morgan fingerprint density at radius 1 is 1.17 bits per heavy atom. The predicted octanol–water partition coefficient (Wildman–Crippen LogP) is 4.96. The summed E-state index contributed by atoms with van der Waals surface area (Å²) in [5, 5.41) is 0. The maximum Gasteiger partial charge on any atom is 0 e. The van der Waals surface area contributed by atoms with E-state index in [-0.39, 0.29) is 29.7 Å². The summed E-state index contributed by atoms with van der Waals surface area (Å²) in [5.74, 6) is 0.769. The fourth-order valence-electron chi connectivity index (χ4n) is 0.399. The molecular formula is C11H29Rf-. The minimum absolute atomic E-state index is 0. The molecule has 0 fully saturated rings. The molecule has 0 heterocycles. The summed E-state index contributed by atoms with van der Waals surface area (Å²) in [7, 11) is 0. The van der Waals surface area contributed by atoms with Crippen LogP contribution in [0.15, 0.2) is 6.08 Å². The van der Waals surface area contributed by atoms with Gasteiger partial charge in [-0.1, -0.05) is 56.4 Å². The second kappa shape index (κ2) is 33.1. The molecular weight excluding hydrogens is 399 g/mol. The number of hydrogen-bond donors (Lipinski definition) is 0. The SMILES string of the molecule is C.C.C.C.[CH-]=CCC(C)CC.[Rf]. The maximum atomic E-state index is 5.18. The molecule has 0 aliphatic rings. The van der Waals surface area contributed by atoms with E-state index in [0.29, 0.717) is 0 Å². The Hall–Kier alpha value is -1.26. The van der Waals surface area contributed by atoms with Gasteiger partial charge in [0.2, 0.25) is 0 Å². The van der Waals surface area contributed by atoms with Crippen molar-refractivity contribution in [1.82, 2.24) is 0 Å². The normalized spacial score (nSPS) is 7.83. The van der Waals surface area contributed by atoms with Crippen LogP contribution >= 0.6 is 0 Å². The molecule has 0 aliphatic carbocycles. The van der Waals surface area contributed by atoms with Crippen LogP contribution in [0.5, 0.6) is 0 Å². The average molecular weight is 428 g/mol. The van der Waals surface area contributed by atoms with Crippen molar-refractivity contribution < 1.29 is 0 Å². The molecule has 0 aromatic heterocycles. The van der Waals surface area contributed by atoms with Crippen molar-refractivity contribution in [3.8, 4) is 0 Å². The van der Waals surface area contributed by atoms with Gasteiger partial charge in [-0.25, -0.2) is 0 Å². The van der Waals surface area contributed by atoms with Crippen LogP contribution in [0.1, 0.15) is 56.4 Å². The molecule has 0 rings (SSSR count). The van der Waals surface area contributed by atoms with Gasteiger partial charge in [-0.15, -0.1) is 0 Å². The summed E-state index contributed by atoms with van der Waals surface area (Å²) in [6.45, 7) is 9.55. The van der Waals surface area contributed by atoms with E-state index in [9.17, 15) is 0 Å². The average Bonchev–Trinajstić information content (AvgIpc) is 1.68. The van der Waals surface area contributed by atoms with Gasteiger partial charge in [0, 0.05) is 0 Å². The Balaban J connectivity index is -0.0000000180. The number of hydrogen-bond acceptors (Lipinski definition) is 0. The van der Waals surface area contributed by atoms with E-state index in [1.165, 1.54) is 6.42 Å². The predicted molar refractivity (Wildman–Crippen MR) is 59.9 cm³/mol. The van der Waals surface area contributed by atoms with Gasteiger partial charge < -0.3 is 6.58 Å². The van der Waals surface area contributed by atoms with Crippen LogP contribution in [-0.2, 0) is 0 Å². The molecule has 0 saturated carbocycles. The second-order valence-corrected chi connectivity index (χ2v) is 1.98.